The van der Waals surface area contributed by atoms with Gasteiger partial charge in [-0.2, -0.15) is 0 Å². The van der Waals surface area contributed by atoms with Gasteiger partial charge in [-0.3, -0.25) is 4.79 Å². The number of imidazole rings is 1. The highest BCUT2D eigenvalue weighted by atomic mass is 16.6. The number of aliphatic hydroxyl groups is 1. The van der Waals surface area contributed by atoms with Gasteiger partial charge in [-0.25, -0.2) is 9.55 Å². The molecule has 2 aromatic rings. The fourth-order valence-corrected chi connectivity index (χ4v) is 2.53. The second kappa shape index (κ2) is 10.4. The molecule has 0 saturated heterocycles. The van der Waals surface area contributed by atoms with Gasteiger partial charge in [0.1, 0.15) is 12.7 Å². The van der Waals surface area contributed by atoms with Crippen LogP contribution >= 0.6 is 0 Å². The lowest BCUT2D eigenvalue weighted by atomic mass is 9.97. The highest BCUT2D eigenvalue weighted by molar-refractivity contribution is 5.75. The highest BCUT2D eigenvalue weighted by Gasteiger charge is 2.16. The molecule has 0 bridgehead atoms. The largest absolute Gasteiger partial charge is 0.481 e. The van der Waals surface area contributed by atoms with Crippen LogP contribution in [0, 0.1) is 23.0 Å². The number of benzene rings is 1. The normalized spacial score (nSPS) is 11.6. The Balaban J connectivity index is 0.000000277. The first-order chi connectivity index (χ1) is 12.7. The van der Waals surface area contributed by atoms with E-state index >= 15 is 0 Å². The number of hydrogen-bond acceptors (Lipinski definition) is 5. The van der Waals surface area contributed by atoms with Crippen LogP contribution < -0.4 is 0 Å². The molecular formula is C19H27N3O5. The van der Waals surface area contributed by atoms with Gasteiger partial charge in [0.15, 0.2) is 5.82 Å². The highest BCUT2D eigenvalue weighted by Crippen LogP contribution is 2.17. The lowest BCUT2D eigenvalue weighted by molar-refractivity contribution is -0.392. The Hall–Kier alpha value is -2.74. The Kier molecular flexibility index (Phi) is 8.61. The van der Waals surface area contributed by atoms with Crippen molar-refractivity contribution in [2.75, 3.05) is 6.61 Å². The first-order valence-electron chi connectivity index (χ1n) is 8.76. The average Bonchev–Trinajstić information content (AvgIpc) is 2.96. The van der Waals surface area contributed by atoms with Crippen molar-refractivity contribution in [2.45, 2.75) is 46.6 Å². The zero-order valence-electron chi connectivity index (χ0n) is 16.1. The van der Waals surface area contributed by atoms with Crippen molar-refractivity contribution in [3.63, 3.8) is 0 Å². The Morgan fingerprint density at radius 1 is 1.26 bits per heavy atom. The molecule has 0 aliphatic carbocycles. The molecule has 0 spiro atoms. The zero-order chi connectivity index (χ0) is 20.6. The summed E-state index contributed by atoms with van der Waals surface area (Å²) >= 11 is 0. The molecule has 0 aliphatic heterocycles. The summed E-state index contributed by atoms with van der Waals surface area (Å²) in [6.45, 7) is 7.80. The van der Waals surface area contributed by atoms with E-state index in [0.29, 0.717) is 11.7 Å². The van der Waals surface area contributed by atoms with E-state index in [2.05, 4.69) is 18.8 Å². The van der Waals surface area contributed by atoms with Crippen molar-refractivity contribution in [3.8, 4) is 0 Å². The number of aryl methyl sites for hydroxylation is 1. The second-order valence-corrected chi connectivity index (χ2v) is 6.70. The number of nitrogens with zero attached hydrogens (tertiary/aromatic N) is 3. The molecule has 1 unspecified atom stereocenters. The first kappa shape index (κ1) is 22.3. The lowest BCUT2D eigenvalue weighted by Crippen LogP contribution is -2.07. The lowest BCUT2D eigenvalue weighted by Gasteiger charge is -2.09. The molecule has 1 aromatic carbocycles. The van der Waals surface area contributed by atoms with Crippen LogP contribution in [-0.4, -0.2) is 37.3 Å². The molecular weight excluding hydrogens is 350 g/mol. The van der Waals surface area contributed by atoms with Crippen molar-refractivity contribution in [2.24, 2.45) is 5.92 Å². The summed E-state index contributed by atoms with van der Waals surface area (Å²) in [4.78, 5) is 24.4. The fourth-order valence-electron chi connectivity index (χ4n) is 2.53. The Morgan fingerprint density at radius 2 is 1.85 bits per heavy atom. The van der Waals surface area contributed by atoms with Crippen LogP contribution in [0.25, 0.3) is 0 Å². The van der Waals surface area contributed by atoms with E-state index in [0.717, 1.165) is 12.0 Å². The summed E-state index contributed by atoms with van der Waals surface area (Å²) in [6, 6.07) is 7.87. The monoisotopic (exact) mass is 377 g/mol. The summed E-state index contributed by atoms with van der Waals surface area (Å²) in [6.07, 6.45) is 2.23. The van der Waals surface area contributed by atoms with Gasteiger partial charge in [0.2, 0.25) is 0 Å². The molecule has 27 heavy (non-hydrogen) atoms. The minimum atomic E-state index is -0.772. The molecule has 2 N–H and O–H groups in total. The van der Waals surface area contributed by atoms with Crippen LogP contribution in [0.3, 0.4) is 0 Å². The van der Waals surface area contributed by atoms with Gasteiger partial charge < -0.3 is 20.3 Å². The summed E-state index contributed by atoms with van der Waals surface area (Å²) in [5.41, 5.74) is 2.14. The minimum Gasteiger partial charge on any atom is -0.481 e. The van der Waals surface area contributed by atoms with Gasteiger partial charge in [-0.1, -0.05) is 38.1 Å². The molecule has 0 radical (unpaired) electrons. The van der Waals surface area contributed by atoms with Crippen molar-refractivity contribution >= 4 is 11.8 Å². The van der Waals surface area contributed by atoms with Crippen molar-refractivity contribution in [1.82, 2.24) is 9.55 Å². The molecule has 8 nitrogen and oxygen atoms in total. The Bertz CT molecular complexity index is 753. The standard InChI is InChI=1S/C13H18O2.C6H9N3O3/c1-9(2)8-11-4-6-12(7-5-11)10(3)13(14)15;1-5-7-4-6(9(11)12)8(5)2-3-10/h4-7,9-10H,8H2,1-3H3,(H,14,15);4,10H,2-3H2,1H3. The Labute approximate surface area is 158 Å². The molecule has 0 saturated carbocycles. The number of rotatable bonds is 7. The third kappa shape index (κ3) is 6.82. The maximum atomic E-state index is 10.8. The van der Waals surface area contributed by atoms with Gasteiger partial charge in [-0.05, 0) is 35.3 Å². The first-order valence-corrected chi connectivity index (χ1v) is 8.76. The van der Waals surface area contributed by atoms with Gasteiger partial charge in [0, 0.05) is 6.92 Å². The maximum Gasteiger partial charge on any atom is 0.342 e. The van der Waals surface area contributed by atoms with Gasteiger partial charge in [-0.15, -0.1) is 0 Å². The quantitative estimate of drug-likeness (QED) is 0.565. The topological polar surface area (TPSA) is 118 Å². The molecule has 8 heteroatoms. The molecule has 0 fully saturated rings. The maximum absolute atomic E-state index is 10.8. The van der Waals surface area contributed by atoms with Crippen LogP contribution in [0.4, 0.5) is 5.82 Å². The minimum absolute atomic E-state index is 0.0819. The predicted molar refractivity (Wildman–Crippen MR) is 102 cm³/mol. The summed E-state index contributed by atoms with van der Waals surface area (Å²) in [5.74, 6) is -0.102. The summed E-state index contributed by atoms with van der Waals surface area (Å²) in [5, 5.41) is 27.8. The number of carbonyl (C=O) groups is 1. The molecule has 2 rings (SSSR count). The zero-order valence-corrected chi connectivity index (χ0v) is 16.1. The van der Waals surface area contributed by atoms with Gasteiger partial charge >= 0.3 is 11.8 Å². The predicted octanol–water partition coefficient (Wildman–Crippen LogP) is 3.17. The van der Waals surface area contributed by atoms with Gasteiger partial charge in [0.25, 0.3) is 0 Å². The number of hydrogen-bond donors (Lipinski definition) is 2. The van der Waals surface area contributed by atoms with E-state index < -0.39 is 16.8 Å². The number of aliphatic hydroxyl groups excluding tert-OH is 1. The van der Waals surface area contributed by atoms with Crippen molar-refractivity contribution < 1.29 is 19.9 Å². The number of carboxylic acids is 1. The summed E-state index contributed by atoms with van der Waals surface area (Å²) in [7, 11) is 0. The van der Waals surface area contributed by atoms with E-state index in [4.69, 9.17) is 10.2 Å². The fraction of sp³-hybridized carbons (Fsp3) is 0.474. The van der Waals surface area contributed by atoms with Crippen molar-refractivity contribution in [1.29, 1.82) is 0 Å². The van der Waals surface area contributed by atoms with E-state index in [1.165, 1.54) is 16.3 Å². The SMILES string of the molecule is CC(C)Cc1ccc(C(C)C(=O)O)cc1.Cc1ncc([N+](=O)[O-])n1CCO. The van der Waals surface area contributed by atoms with Crippen LogP contribution in [0.5, 0.6) is 0 Å². The Morgan fingerprint density at radius 3 is 2.30 bits per heavy atom. The molecule has 0 aliphatic rings. The number of aromatic nitrogens is 2. The van der Waals surface area contributed by atoms with E-state index in [1.54, 1.807) is 13.8 Å². The number of carboxylic acid groups (broad SMARTS) is 1. The smallest absolute Gasteiger partial charge is 0.342 e. The average molecular weight is 377 g/mol. The molecule has 1 atom stereocenters. The van der Waals surface area contributed by atoms with Crippen molar-refractivity contribution in [3.05, 3.63) is 57.5 Å². The van der Waals surface area contributed by atoms with Crippen LogP contribution in [0.2, 0.25) is 0 Å². The third-order valence-electron chi connectivity index (χ3n) is 4.04. The number of aliphatic carboxylic acids is 1. The van der Waals surface area contributed by atoms with E-state index in [1.807, 2.05) is 24.3 Å². The van der Waals surface area contributed by atoms with E-state index in [9.17, 15) is 14.9 Å². The number of nitro groups is 1. The second-order valence-electron chi connectivity index (χ2n) is 6.70. The van der Waals surface area contributed by atoms with E-state index in [-0.39, 0.29) is 19.0 Å². The van der Waals surface area contributed by atoms with Gasteiger partial charge in [0.05, 0.1) is 12.5 Å². The molecule has 0 amide bonds. The summed E-state index contributed by atoms with van der Waals surface area (Å²) < 4.78 is 1.36. The van der Waals surface area contributed by atoms with Crippen LogP contribution in [0.1, 0.15) is 43.6 Å². The molecule has 1 aromatic heterocycles. The van der Waals surface area contributed by atoms with Crippen LogP contribution in [0.15, 0.2) is 30.5 Å². The van der Waals surface area contributed by atoms with Crippen LogP contribution in [-0.2, 0) is 17.8 Å². The molecule has 148 valence electrons. The third-order valence-corrected chi connectivity index (χ3v) is 4.04. The molecule has 1 heterocycles.